The fourth-order valence-electron chi connectivity index (χ4n) is 1.98. The quantitative estimate of drug-likeness (QED) is 0.615. The van der Waals surface area contributed by atoms with Crippen molar-refractivity contribution in [3.05, 3.63) is 82.3 Å². The highest BCUT2D eigenvalue weighted by atomic mass is 35.5. The Hall–Kier alpha value is -2.72. The molecule has 1 aliphatic rings. The zero-order valence-electron chi connectivity index (χ0n) is 11.9. The Bertz CT molecular complexity index is 838. The fraction of sp³-hybridized carbons (Fsp3) is 0. The summed E-state index contributed by atoms with van der Waals surface area (Å²) < 4.78 is 18.6. The SMILES string of the molecule is O=C1OC(C=Cc2ccc(Cl)cc2)=NC1=Cc1ccccc1F. The first-order chi connectivity index (χ1) is 11.1. The summed E-state index contributed by atoms with van der Waals surface area (Å²) in [5.41, 5.74) is 1.23. The first-order valence-corrected chi connectivity index (χ1v) is 7.20. The molecule has 0 spiro atoms. The standard InChI is InChI=1S/C18H11ClFNO2/c19-14-8-5-12(6-9-14)7-10-17-21-16(18(22)23-17)11-13-3-1-2-4-15(13)20/h1-11H. The van der Waals surface area contributed by atoms with Crippen molar-refractivity contribution in [2.75, 3.05) is 0 Å². The molecule has 0 atom stereocenters. The summed E-state index contributed by atoms with van der Waals surface area (Å²) in [6, 6.07) is 13.3. The van der Waals surface area contributed by atoms with Crippen molar-refractivity contribution >= 4 is 35.6 Å². The Labute approximate surface area is 137 Å². The molecule has 0 saturated carbocycles. The number of rotatable bonds is 3. The first kappa shape index (κ1) is 15.2. The van der Waals surface area contributed by atoms with Crippen LogP contribution in [0.3, 0.4) is 0 Å². The van der Waals surface area contributed by atoms with E-state index >= 15 is 0 Å². The van der Waals surface area contributed by atoms with Crippen LogP contribution in [-0.2, 0) is 9.53 Å². The third kappa shape index (κ3) is 3.73. The highest BCUT2D eigenvalue weighted by molar-refractivity contribution is 6.30. The molecule has 3 nitrogen and oxygen atoms in total. The maximum atomic E-state index is 13.6. The molecule has 0 fully saturated rings. The Morgan fingerprint density at radius 1 is 1.04 bits per heavy atom. The lowest BCUT2D eigenvalue weighted by atomic mass is 10.2. The second-order valence-electron chi connectivity index (χ2n) is 4.78. The minimum atomic E-state index is -0.607. The Morgan fingerprint density at radius 3 is 2.52 bits per heavy atom. The molecule has 23 heavy (non-hydrogen) atoms. The Kier molecular flexibility index (Phi) is 4.35. The van der Waals surface area contributed by atoms with Gasteiger partial charge in [-0.3, -0.25) is 0 Å². The lowest BCUT2D eigenvalue weighted by Crippen LogP contribution is -2.01. The van der Waals surface area contributed by atoms with Crippen LogP contribution < -0.4 is 0 Å². The van der Waals surface area contributed by atoms with Crippen LogP contribution in [0.2, 0.25) is 5.02 Å². The van der Waals surface area contributed by atoms with Gasteiger partial charge in [0.05, 0.1) is 0 Å². The van der Waals surface area contributed by atoms with Crippen LogP contribution in [-0.4, -0.2) is 11.9 Å². The molecule has 0 radical (unpaired) electrons. The van der Waals surface area contributed by atoms with E-state index in [1.807, 2.05) is 12.1 Å². The van der Waals surface area contributed by atoms with Gasteiger partial charge in [0.15, 0.2) is 5.70 Å². The predicted molar refractivity (Wildman–Crippen MR) is 88.4 cm³/mol. The summed E-state index contributed by atoms with van der Waals surface area (Å²) in [6.07, 6.45) is 4.68. The average Bonchev–Trinajstić information content (AvgIpc) is 2.89. The second-order valence-corrected chi connectivity index (χ2v) is 5.21. The van der Waals surface area contributed by atoms with Gasteiger partial charge in [0.1, 0.15) is 5.82 Å². The second kappa shape index (κ2) is 6.58. The van der Waals surface area contributed by atoms with Crippen molar-refractivity contribution in [1.29, 1.82) is 0 Å². The number of nitrogens with zero attached hydrogens (tertiary/aromatic N) is 1. The topological polar surface area (TPSA) is 38.7 Å². The van der Waals surface area contributed by atoms with Gasteiger partial charge in [-0.05, 0) is 35.9 Å². The number of hydrogen-bond donors (Lipinski definition) is 0. The van der Waals surface area contributed by atoms with Gasteiger partial charge in [-0.25, -0.2) is 14.2 Å². The van der Waals surface area contributed by atoms with Crippen molar-refractivity contribution < 1.29 is 13.9 Å². The number of carbonyl (C=O) groups excluding carboxylic acids is 1. The number of benzene rings is 2. The summed E-state index contributed by atoms with van der Waals surface area (Å²) in [4.78, 5) is 15.8. The van der Waals surface area contributed by atoms with E-state index in [0.717, 1.165) is 5.56 Å². The van der Waals surface area contributed by atoms with Crippen LogP contribution in [0.1, 0.15) is 11.1 Å². The van der Waals surface area contributed by atoms with E-state index in [0.29, 0.717) is 5.02 Å². The molecule has 1 heterocycles. The monoisotopic (exact) mass is 327 g/mol. The molecule has 0 unspecified atom stereocenters. The minimum Gasteiger partial charge on any atom is -0.403 e. The van der Waals surface area contributed by atoms with Crippen molar-refractivity contribution in [2.45, 2.75) is 0 Å². The summed E-state index contributed by atoms with van der Waals surface area (Å²) in [5.74, 6) is -0.871. The van der Waals surface area contributed by atoms with Crippen molar-refractivity contribution in [3.8, 4) is 0 Å². The van der Waals surface area contributed by atoms with E-state index in [1.165, 1.54) is 12.1 Å². The molecule has 1 aliphatic heterocycles. The fourth-order valence-corrected chi connectivity index (χ4v) is 2.10. The van der Waals surface area contributed by atoms with Gasteiger partial charge in [0, 0.05) is 16.7 Å². The van der Waals surface area contributed by atoms with E-state index < -0.39 is 11.8 Å². The highest BCUT2D eigenvalue weighted by Gasteiger charge is 2.21. The zero-order chi connectivity index (χ0) is 16.2. The zero-order valence-corrected chi connectivity index (χ0v) is 12.6. The first-order valence-electron chi connectivity index (χ1n) is 6.82. The highest BCUT2D eigenvalue weighted by Crippen LogP contribution is 2.18. The molecule has 3 rings (SSSR count). The van der Waals surface area contributed by atoms with Crippen LogP contribution in [0.15, 0.2) is 65.3 Å². The minimum absolute atomic E-state index is 0.0610. The summed E-state index contributed by atoms with van der Waals surface area (Å²) in [6.45, 7) is 0. The number of carbonyl (C=O) groups is 1. The number of ether oxygens (including phenoxy) is 1. The third-order valence-corrected chi connectivity index (χ3v) is 3.37. The van der Waals surface area contributed by atoms with Gasteiger partial charge in [-0.15, -0.1) is 0 Å². The molecule has 0 bridgehead atoms. The van der Waals surface area contributed by atoms with Gasteiger partial charge in [-0.1, -0.05) is 41.9 Å². The maximum absolute atomic E-state index is 13.6. The summed E-state index contributed by atoms with van der Waals surface area (Å²) in [5, 5.41) is 0.641. The lowest BCUT2D eigenvalue weighted by molar-refractivity contribution is -0.129. The molecule has 5 heteroatoms. The van der Waals surface area contributed by atoms with E-state index in [4.69, 9.17) is 16.3 Å². The predicted octanol–water partition coefficient (Wildman–Crippen LogP) is 4.49. The lowest BCUT2D eigenvalue weighted by Gasteiger charge is -1.95. The van der Waals surface area contributed by atoms with Gasteiger partial charge in [0.25, 0.3) is 0 Å². The van der Waals surface area contributed by atoms with Crippen molar-refractivity contribution in [3.63, 3.8) is 0 Å². The molecular weight excluding hydrogens is 317 g/mol. The Balaban J connectivity index is 1.81. The molecule has 0 amide bonds. The summed E-state index contributed by atoms with van der Waals surface area (Å²) >= 11 is 5.81. The smallest absolute Gasteiger partial charge is 0.363 e. The molecule has 0 saturated heterocycles. The number of hydrogen-bond acceptors (Lipinski definition) is 3. The van der Waals surface area contributed by atoms with Crippen LogP contribution in [0.4, 0.5) is 4.39 Å². The number of aliphatic imine (C=N–C) groups is 1. The molecule has 0 aliphatic carbocycles. The molecule has 2 aromatic rings. The maximum Gasteiger partial charge on any atom is 0.363 e. The molecule has 114 valence electrons. The molecule has 0 aromatic heterocycles. The molecular formula is C18H11ClFNO2. The number of halogens is 2. The van der Waals surface area contributed by atoms with Gasteiger partial charge >= 0.3 is 5.97 Å². The molecule has 0 N–H and O–H groups in total. The third-order valence-electron chi connectivity index (χ3n) is 3.12. The summed E-state index contributed by atoms with van der Waals surface area (Å²) in [7, 11) is 0. The van der Waals surface area contributed by atoms with Crippen LogP contribution in [0, 0.1) is 5.82 Å². The largest absolute Gasteiger partial charge is 0.403 e. The Morgan fingerprint density at radius 2 is 1.78 bits per heavy atom. The van der Waals surface area contributed by atoms with Gasteiger partial charge in [0.2, 0.25) is 5.90 Å². The number of esters is 1. The van der Waals surface area contributed by atoms with Crippen LogP contribution in [0.25, 0.3) is 12.2 Å². The van der Waals surface area contributed by atoms with E-state index in [2.05, 4.69) is 4.99 Å². The van der Waals surface area contributed by atoms with Crippen molar-refractivity contribution in [2.24, 2.45) is 4.99 Å². The normalized spacial score (nSPS) is 16.0. The van der Waals surface area contributed by atoms with Gasteiger partial charge < -0.3 is 4.74 Å². The van der Waals surface area contributed by atoms with E-state index in [9.17, 15) is 9.18 Å². The van der Waals surface area contributed by atoms with Crippen molar-refractivity contribution in [1.82, 2.24) is 0 Å². The average molecular weight is 328 g/mol. The van der Waals surface area contributed by atoms with Crippen LogP contribution in [0.5, 0.6) is 0 Å². The van der Waals surface area contributed by atoms with Crippen LogP contribution >= 0.6 is 11.6 Å². The van der Waals surface area contributed by atoms with E-state index in [-0.39, 0.29) is 17.2 Å². The van der Waals surface area contributed by atoms with E-state index in [1.54, 1.807) is 42.5 Å². The van der Waals surface area contributed by atoms with Gasteiger partial charge in [-0.2, -0.15) is 0 Å². The molecule has 2 aromatic carbocycles. The number of cyclic esters (lactones) is 1.